The van der Waals surface area contributed by atoms with Crippen LogP contribution in [0.3, 0.4) is 0 Å². The van der Waals surface area contributed by atoms with Gasteiger partial charge in [0.1, 0.15) is 0 Å². The lowest BCUT2D eigenvalue weighted by Crippen LogP contribution is -2.03. The van der Waals surface area contributed by atoms with Crippen molar-refractivity contribution < 1.29 is 9.31 Å². The molecule has 2 N–H and O–H groups in total. The van der Waals surface area contributed by atoms with Crippen molar-refractivity contribution in [2.75, 3.05) is 0 Å². The summed E-state index contributed by atoms with van der Waals surface area (Å²) in [4.78, 5) is 9.48. The number of halogens is 2. The van der Waals surface area contributed by atoms with Crippen molar-refractivity contribution in [1.82, 2.24) is 0 Å². The lowest BCUT2D eigenvalue weighted by atomic mass is 10.2. The molecular formula is C7H6ClFN2O2. The number of hydrogen-bond acceptors (Lipinski definition) is 3. The molecule has 13 heavy (non-hydrogen) atoms. The highest BCUT2D eigenvalue weighted by Gasteiger charge is 2.18. The van der Waals surface area contributed by atoms with Crippen LogP contribution in [0.15, 0.2) is 12.1 Å². The zero-order valence-electron chi connectivity index (χ0n) is 6.46. The van der Waals surface area contributed by atoms with Crippen molar-refractivity contribution in [3.05, 3.63) is 38.7 Å². The Balaban J connectivity index is 3.35. The maximum absolute atomic E-state index is 13.1. The van der Waals surface area contributed by atoms with Gasteiger partial charge in [0.25, 0.3) is 0 Å². The zero-order chi connectivity index (χ0) is 10.0. The fourth-order valence-corrected chi connectivity index (χ4v) is 1.15. The molecule has 0 aliphatic rings. The Hall–Kier alpha value is -1.20. The molecule has 0 aliphatic carbocycles. The molecule has 0 bridgehead atoms. The first-order valence-electron chi connectivity index (χ1n) is 3.38. The van der Waals surface area contributed by atoms with Crippen LogP contribution in [0, 0.1) is 15.9 Å². The largest absolute Gasteiger partial charge is 0.326 e. The van der Waals surface area contributed by atoms with Crippen LogP contribution in [0.25, 0.3) is 0 Å². The summed E-state index contributed by atoms with van der Waals surface area (Å²) in [7, 11) is 0. The van der Waals surface area contributed by atoms with Gasteiger partial charge in [-0.3, -0.25) is 10.1 Å². The first kappa shape index (κ1) is 9.88. The van der Waals surface area contributed by atoms with E-state index >= 15 is 0 Å². The molecular weight excluding hydrogens is 199 g/mol. The van der Waals surface area contributed by atoms with Gasteiger partial charge in [0, 0.05) is 23.2 Å². The number of nitrogens with two attached hydrogens (primary N) is 1. The predicted molar refractivity (Wildman–Crippen MR) is 46.0 cm³/mol. The zero-order valence-corrected chi connectivity index (χ0v) is 7.21. The van der Waals surface area contributed by atoms with Crippen molar-refractivity contribution in [3.63, 3.8) is 0 Å². The lowest BCUT2D eigenvalue weighted by molar-refractivity contribution is -0.387. The number of nitro benzene ring substituents is 1. The van der Waals surface area contributed by atoms with Crippen LogP contribution >= 0.6 is 11.6 Å². The molecule has 70 valence electrons. The van der Waals surface area contributed by atoms with Crippen LogP contribution in [0.5, 0.6) is 0 Å². The Bertz CT molecular complexity index is 357. The Morgan fingerprint density at radius 3 is 2.69 bits per heavy atom. The van der Waals surface area contributed by atoms with E-state index < -0.39 is 16.4 Å². The van der Waals surface area contributed by atoms with Gasteiger partial charge in [-0.15, -0.1) is 0 Å². The highest BCUT2D eigenvalue weighted by Crippen LogP contribution is 2.25. The lowest BCUT2D eigenvalue weighted by Gasteiger charge is -2.00. The van der Waals surface area contributed by atoms with E-state index in [1.54, 1.807) is 0 Å². The van der Waals surface area contributed by atoms with Gasteiger partial charge >= 0.3 is 5.69 Å². The summed E-state index contributed by atoms with van der Waals surface area (Å²) in [6.45, 7) is -0.118. The molecule has 0 aliphatic heterocycles. The van der Waals surface area contributed by atoms with Gasteiger partial charge in [-0.2, -0.15) is 4.39 Å². The van der Waals surface area contributed by atoms with Crippen molar-refractivity contribution >= 4 is 17.3 Å². The maximum Gasteiger partial charge on any atom is 0.306 e. The summed E-state index contributed by atoms with van der Waals surface area (Å²) in [5.74, 6) is -0.920. The average molecular weight is 205 g/mol. The van der Waals surface area contributed by atoms with E-state index in [2.05, 4.69) is 0 Å². The van der Waals surface area contributed by atoms with E-state index in [9.17, 15) is 14.5 Å². The van der Waals surface area contributed by atoms with E-state index in [1.165, 1.54) is 6.07 Å². The molecule has 0 spiro atoms. The average Bonchev–Trinajstić information content (AvgIpc) is 2.08. The highest BCUT2D eigenvalue weighted by atomic mass is 35.5. The Morgan fingerprint density at radius 1 is 1.62 bits per heavy atom. The third kappa shape index (κ3) is 1.93. The van der Waals surface area contributed by atoms with Crippen LogP contribution in [0.1, 0.15) is 5.56 Å². The summed E-state index contributed by atoms with van der Waals surface area (Å²) < 4.78 is 13.1. The molecule has 1 aromatic rings. The van der Waals surface area contributed by atoms with E-state index in [0.717, 1.165) is 6.07 Å². The molecule has 1 rings (SSSR count). The van der Waals surface area contributed by atoms with E-state index in [1.807, 2.05) is 0 Å². The van der Waals surface area contributed by atoms with Gasteiger partial charge in [0.2, 0.25) is 5.82 Å². The normalized spacial score (nSPS) is 10.1. The summed E-state index contributed by atoms with van der Waals surface area (Å²) in [5, 5.41) is 10.4. The molecule has 6 heteroatoms. The minimum atomic E-state index is -0.920. The van der Waals surface area contributed by atoms with E-state index in [0.29, 0.717) is 0 Å². The number of hydrogen-bond donors (Lipinski definition) is 1. The topological polar surface area (TPSA) is 69.2 Å². The second-order valence-corrected chi connectivity index (χ2v) is 2.80. The summed E-state index contributed by atoms with van der Waals surface area (Å²) in [6, 6.07) is 2.22. The molecule has 1 aromatic carbocycles. The molecule has 0 unspecified atom stereocenters. The minimum absolute atomic E-state index is 0.0409. The predicted octanol–water partition coefficient (Wildman–Crippen LogP) is 1.85. The summed E-state index contributed by atoms with van der Waals surface area (Å²) in [6.07, 6.45) is 0. The monoisotopic (exact) mass is 204 g/mol. The van der Waals surface area contributed by atoms with Gasteiger partial charge < -0.3 is 5.73 Å². The molecule has 0 fully saturated rings. The Kier molecular flexibility index (Phi) is 2.79. The van der Waals surface area contributed by atoms with Crippen LogP contribution < -0.4 is 5.73 Å². The number of nitro groups is 1. The first-order chi connectivity index (χ1) is 6.06. The van der Waals surface area contributed by atoms with Crippen molar-refractivity contribution in [2.24, 2.45) is 5.73 Å². The molecule has 0 saturated carbocycles. The number of rotatable bonds is 2. The summed E-state index contributed by atoms with van der Waals surface area (Å²) in [5.41, 5.74) is 4.56. The maximum atomic E-state index is 13.1. The van der Waals surface area contributed by atoms with Gasteiger partial charge in [-0.25, -0.2) is 0 Å². The highest BCUT2D eigenvalue weighted by molar-refractivity contribution is 6.30. The quantitative estimate of drug-likeness (QED) is 0.590. The number of nitrogens with zero attached hydrogens (tertiary/aromatic N) is 1. The minimum Gasteiger partial charge on any atom is -0.326 e. The Morgan fingerprint density at radius 2 is 2.23 bits per heavy atom. The van der Waals surface area contributed by atoms with Crippen molar-refractivity contribution in [3.8, 4) is 0 Å². The van der Waals surface area contributed by atoms with Crippen LogP contribution in [0.4, 0.5) is 10.1 Å². The Labute approximate surface area is 78.3 Å². The van der Waals surface area contributed by atoms with E-state index in [4.69, 9.17) is 17.3 Å². The van der Waals surface area contributed by atoms with E-state index in [-0.39, 0.29) is 17.1 Å². The van der Waals surface area contributed by atoms with Crippen LogP contribution in [0.2, 0.25) is 5.02 Å². The van der Waals surface area contributed by atoms with Crippen LogP contribution in [-0.2, 0) is 6.54 Å². The number of benzene rings is 1. The fourth-order valence-electron chi connectivity index (χ4n) is 0.911. The van der Waals surface area contributed by atoms with Gasteiger partial charge in [-0.05, 0) is 6.07 Å². The van der Waals surface area contributed by atoms with Crippen molar-refractivity contribution in [1.29, 1.82) is 0 Å². The van der Waals surface area contributed by atoms with Gasteiger partial charge in [-0.1, -0.05) is 11.6 Å². The molecule has 0 atom stereocenters. The first-order valence-corrected chi connectivity index (χ1v) is 3.76. The summed E-state index contributed by atoms with van der Waals surface area (Å²) >= 11 is 5.52. The third-order valence-electron chi connectivity index (χ3n) is 1.51. The standard InChI is InChI=1S/C7H6ClFN2O2/c8-5-1-4(3-10)7(9)6(2-5)11(12)13/h1-2H,3,10H2. The molecule has 0 heterocycles. The molecule has 0 aromatic heterocycles. The second kappa shape index (κ2) is 3.68. The van der Waals surface area contributed by atoms with Crippen LogP contribution in [-0.4, -0.2) is 4.92 Å². The fraction of sp³-hybridized carbons (Fsp3) is 0.143. The second-order valence-electron chi connectivity index (χ2n) is 2.36. The van der Waals surface area contributed by atoms with Gasteiger partial charge in [0.15, 0.2) is 0 Å². The van der Waals surface area contributed by atoms with Crippen molar-refractivity contribution in [2.45, 2.75) is 6.54 Å². The SMILES string of the molecule is NCc1cc(Cl)cc([N+](=O)[O-])c1F. The molecule has 4 nitrogen and oxygen atoms in total. The molecule has 0 amide bonds. The smallest absolute Gasteiger partial charge is 0.306 e. The molecule has 0 radical (unpaired) electrons. The third-order valence-corrected chi connectivity index (χ3v) is 1.73. The van der Waals surface area contributed by atoms with Gasteiger partial charge in [0.05, 0.1) is 4.92 Å². The molecule has 0 saturated heterocycles.